The summed E-state index contributed by atoms with van der Waals surface area (Å²) in [6.07, 6.45) is -7.98. The molecule has 0 radical (unpaired) electrons. The molecule has 4 N–H and O–H groups in total. The van der Waals surface area contributed by atoms with E-state index in [0.29, 0.717) is 0 Å². The molecular weight excluding hydrogens is 316 g/mol. The monoisotopic (exact) mass is 334 g/mol. The Hall–Kier alpha value is -1.07. The second-order valence-corrected chi connectivity index (χ2v) is 6.70. The van der Waals surface area contributed by atoms with Gasteiger partial charge in [-0.25, -0.2) is 0 Å². The Bertz CT molecular complexity index is 599. The topological polar surface area (TPSA) is 134 Å². The minimum Gasteiger partial charge on any atom is -0.387 e. The van der Waals surface area contributed by atoms with Crippen LogP contribution in [-0.2, 0) is 19.0 Å². The maximum Gasteiger partial charge on any atom is 0.297 e. The van der Waals surface area contributed by atoms with Gasteiger partial charge in [0.1, 0.15) is 24.4 Å². The average molecular weight is 334 g/mol. The fourth-order valence-electron chi connectivity index (χ4n) is 2.00. The third-order valence-electron chi connectivity index (χ3n) is 3.38. The van der Waals surface area contributed by atoms with Crippen LogP contribution >= 0.6 is 0 Å². The molecule has 0 saturated carbocycles. The molecule has 8 nitrogen and oxygen atoms in total. The van der Waals surface area contributed by atoms with Crippen LogP contribution in [0.15, 0.2) is 29.2 Å². The lowest BCUT2D eigenvalue weighted by Gasteiger charge is -2.37. The van der Waals surface area contributed by atoms with Gasteiger partial charge < -0.3 is 25.2 Å². The summed E-state index contributed by atoms with van der Waals surface area (Å²) in [6, 6.07) is 5.95. The second-order valence-electron chi connectivity index (χ2n) is 5.09. The van der Waals surface area contributed by atoms with E-state index in [1.54, 1.807) is 19.1 Å². The van der Waals surface area contributed by atoms with E-state index < -0.39 is 47.4 Å². The summed E-state index contributed by atoms with van der Waals surface area (Å²) >= 11 is 0. The van der Waals surface area contributed by atoms with Gasteiger partial charge in [0.25, 0.3) is 10.1 Å². The predicted octanol–water partition coefficient (Wildman–Crippen LogP) is -1.50. The van der Waals surface area contributed by atoms with Crippen LogP contribution in [0.4, 0.5) is 0 Å². The fraction of sp³-hybridized carbons (Fsp3) is 0.538. The SMILES string of the molecule is Cc1ccc(S(=O)(=O)OCC2O[C@@H](O)C(O)[C@@H](O)[C@H]2O)cc1. The van der Waals surface area contributed by atoms with Crippen molar-refractivity contribution in [2.24, 2.45) is 0 Å². The Morgan fingerprint density at radius 1 is 1.05 bits per heavy atom. The normalized spacial score (nSPS) is 32.9. The second kappa shape index (κ2) is 6.59. The highest BCUT2D eigenvalue weighted by Gasteiger charge is 2.43. The van der Waals surface area contributed by atoms with Crippen molar-refractivity contribution < 1.29 is 37.8 Å². The zero-order chi connectivity index (χ0) is 16.5. The quantitative estimate of drug-likeness (QED) is 0.489. The molecule has 1 fully saturated rings. The molecule has 1 aromatic rings. The largest absolute Gasteiger partial charge is 0.387 e. The minimum atomic E-state index is -4.07. The molecule has 1 heterocycles. The molecule has 2 rings (SSSR count). The first-order valence-electron chi connectivity index (χ1n) is 6.56. The van der Waals surface area contributed by atoms with E-state index in [4.69, 9.17) is 8.92 Å². The Kier molecular flexibility index (Phi) is 5.17. The summed E-state index contributed by atoms with van der Waals surface area (Å²) in [5, 5.41) is 37.9. The van der Waals surface area contributed by atoms with Crippen molar-refractivity contribution in [3.63, 3.8) is 0 Å². The van der Waals surface area contributed by atoms with Crippen LogP contribution in [-0.4, -0.2) is 66.2 Å². The van der Waals surface area contributed by atoms with Gasteiger partial charge in [-0.15, -0.1) is 0 Å². The lowest BCUT2D eigenvalue weighted by Crippen LogP contribution is -2.58. The highest BCUT2D eigenvalue weighted by atomic mass is 32.2. The van der Waals surface area contributed by atoms with Crippen LogP contribution in [0.25, 0.3) is 0 Å². The summed E-state index contributed by atoms with van der Waals surface area (Å²) < 4.78 is 33.6. The van der Waals surface area contributed by atoms with Crippen molar-refractivity contribution in [2.45, 2.75) is 42.5 Å². The van der Waals surface area contributed by atoms with E-state index in [2.05, 4.69) is 0 Å². The number of benzene rings is 1. The molecule has 1 aromatic carbocycles. The van der Waals surface area contributed by atoms with Crippen LogP contribution in [0.5, 0.6) is 0 Å². The van der Waals surface area contributed by atoms with Gasteiger partial charge in [-0.1, -0.05) is 17.7 Å². The molecule has 22 heavy (non-hydrogen) atoms. The summed E-state index contributed by atoms with van der Waals surface area (Å²) in [5.41, 5.74) is 0.880. The number of aliphatic hydroxyl groups excluding tert-OH is 4. The molecule has 0 bridgehead atoms. The number of aliphatic hydroxyl groups is 4. The van der Waals surface area contributed by atoms with Gasteiger partial charge in [-0.2, -0.15) is 8.42 Å². The Morgan fingerprint density at radius 2 is 1.64 bits per heavy atom. The van der Waals surface area contributed by atoms with Crippen LogP contribution in [0, 0.1) is 6.92 Å². The standard InChI is InChI=1S/C13H18O8S/c1-7-2-4-8(5-3-7)22(18,19)20-6-9-10(14)11(15)12(16)13(17)21-9/h2-5,9-17H,6H2,1H3/t9?,10-,11-,12?,13+/m0/s1. The van der Waals surface area contributed by atoms with Crippen molar-refractivity contribution in [3.05, 3.63) is 29.8 Å². The fourth-order valence-corrected chi connectivity index (χ4v) is 2.92. The number of hydrogen-bond donors (Lipinski definition) is 4. The molecule has 0 aliphatic carbocycles. The minimum absolute atomic E-state index is 0.0652. The average Bonchev–Trinajstić information content (AvgIpc) is 2.48. The maximum atomic E-state index is 12.0. The Balaban J connectivity index is 2.04. The summed E-state index contributed by atoms with van der Waals surface area (Å²) in [6.45, 7) is 1.19. The first kappa shape index (κ1) is 17.3. The molecule has 0 aromatic heterocycles. The van der Waals surface area contributed by atoms with E-state index in [-0.39, 0.29) is 4.90 Å². The third-order valence-corrected chi connectivity index (χ3v) is 4.68. The molecule has 0 amide bonds. The molecular formula is C13H18O8S. The summed E-state index contributed by atoms with van der Waals surface area (Å²) in [5.74, 6) is 0. The molecule has 0 spiro atoms. The molecule has 5 atom stereocenters. The number of rotatable bonds is 4. The van der Waals surface area contributed by atoms with Crippen LogP contribution in [0.2, 0.25) is 0 Å². The molecule has 1 aliphatic rings. The summed E-state index contributed by atoms with van der Waals surface area (Å²) in [4.78, 5) is -0.0652. The number of hydrogen-bond acceptors (Lipinski definition) is 8. The predicted molar refractivity (Wildman–Crippen MR) is 73.2 cm³/mol. The highest BCUT2D eigenvalue weighted by Crippen LogP contribution is 2.21. The zero-order valence-electron chi connectivity index (χ0n) is 11.7. The van der Waals surface area contributed by atoms with Crippen molar-refractivity contribution >= 4 is 10.1 Å². The molecule has 9 heteroatoms. The van der Waals surface area contributed by atoms with Crippen LogP contribution < -0.4 is 0 Å². The first-order valence-corrected chi connectivity index (χ1v) is 7.97. The van der Waals surface area contributed by atoms with Crippen LogP contribution in [0.1, 0.15) is 5.56 Å². The smallest absolute Gasteiger partial charge is 0.297 e. The maximum absolute atomic E-state index is 12.0. The molecule has 1 saturated heterocycles. The van der Waals surface area contributed by atoms with E-state index in [0.717, 1.165) is 5.56 Å². The van der Waals surface area contributed by atoms with Crippen molar-refractivity contribution in [1.29, 1.82) is 0 Å². The van der Waals surface area contributed by atoms with Gasteiger partial charge in [0, 0.05) is 0 Å². The van der Waals surface area contributed by atoms with E-state index in [9.17, 15) is 28.8 Å². The van der Waals surface area contributed by atoms with E-state index >= 15 is 0 Å². The van der Waals surface area contributed by atoms with Gasteiger partial charge in [0.2, 0.25) is 0 Å². The van der Waals surface area contributed by atoms with E-state index in [1.165, 1.54) is 12.1 Å². The first-order chi connectivity index (χ1) is 10.2. The van der Waals surface area contributed by atoms with Crippen molar-refractivity contribution in [3.8, 4) is 0 Å². The van der Waals surface area contributed by atoms with Gasteiger partial charge in [0.15, 0.2) is 6.29 Å². The number of ether oxygens (including phenoxy) is 1. The van der Waals surface area contributed by atoms with E-state index in [1.807, 2.05) is 0 Å². The lowest BCUT2D eigenvalue weighted by atomic mass is 10.00. The molecule has 1 aliphatic heterocycles. The third kappa shape index (κ3) is 3.63. The lowest BCUT2D eigenvalue weighted by molar-refractivity contribution is -0.285. The van der Waals surface area contributed by atoms with Crippen LogP contribution in [0.3, 0.4) is 0 Å². The van der Waals surface area contributed by atoms with Gasteiger partial charge >= 0.3 is 0 Å². The Morgan fingerprint density at radius 3 is 2.23 bits per heavy atom. The van der Waals surface area contributed by atoms with Gasteiger partial charge in [0.05, 0.1) is 11.5 Å². The number of aryl methyl sites for hydroxylation is 1. The van der Waals surface area contributed by atoms with Gasteiger partial charge in [-0.05, 0) is 19.1 Å². The molecule has 124 valence electrons. The van der Waals surface area contributed by atoms with Crippen molar-refractivity contribution in [1.82, 2.24) is 0 Å². The molecule has 2 unspecified atom stereocenters. The van der Waals surface area contributed by atoms with Crippen molar-refractivity contribution in [2.75, 3.05) is 6.61 Å². The van der Waals surface area contributed by atoms with Gasteiger partial charge in [-0.3, -0.25) is 4.18 Å². The highest BCUT2D eigenvalue weighted by molar-refractivity contribution is 7.86. The Labute approximate surface area is 127 Å². The zero-order valence-corrected chi connectivity index (χ0v) is 12.5. The summed E-state index contributed by atoms with van der Waals surface area (Å²) in [7, 11) is -4.07.